The van der Waals surface area contributed by atoms with Crippen molar-refractivity contribution in [3.8, 4) is 0 Å². The van der Waals surface area contributed by atoms with Crippen LogP contribution < -0.4 is 10.2 Å². The van der Waals surface area contributed by atoms with Crippen LogP contribution in [0, 0.1) is 5.82 Å². The zero-order valence-electron chi connectivity index (χ0n) is 14.4. The van der Waals surface area contributed by atoms with E-state index in [1.165, 1.54) is 17.6 Å². The number of anilines is 2. The van der Waals surface area contributed by atoms with Gasteiger partial charge in [0.1, 0.15) is 12.4 Å². The molecule has 8 heteroatoms. The molecule has 0 bridgehead atoms. The van der Waals surface area contributed by atoms with E-state index in [4.69, 9.17) is 4.74 Å². The van der Waals surface area contributed by atoms with Gasteiger partial charge < -0.3 is 20.1 Å². The minimum Gasteiger partial charge on any atom is -0.393 e. The highest BCUT2D eigenvalue weighted by Crippen LogP contribution is 2.31. The van der Waals surface area contributed by atoms with Crippen molar-refractivity contribution in [2.75, 3.05) is 30.4 Å². The number of halogens is 1. The van der Waals surface area contributed by atoms with Crippen LogP contribution in [0.3, 0.4) is 0 Å². The van der Waals surface area contributed by atoms with E-state index >= 15 is 0 Å². The molecule has 0 aliphatic carbocycles. The standard InChI is InChI=1S/C17H23FN4O2S/c1-11(19-17-20-16(10-24-2)21-25-17)14-9-12(18)3-4-15(14)22-7-5-13(23)6-8-22/h3-4,9,11,13,23H,5-8,10H2,1-2H3,(H,19,20,21)/t11-/m1/s1. The van der Waals surface area contributed by atoms with Gasteiger partial charge in [0.15, 0.2) is 5.82 Å². The Morgan fingerprint density at radius 1 is 1.44 bits per heavy atom. The maximum absolute atomic E-state index is 13.9. The van der Waals surface area contributed by atoms with E-state index in [9.17, 15) is 9.50 Å². The predicted octanol–water partition coefficient (Wildman–Crippen LogP) is 2.96. The van der Waals surface area contributed by atoms with Crippen LogP contribution in [-0.2, 0) is 11.3 Å². The highest BCUT2D eigenvalue weighted by molar-refractivity contribution is 7.09. The summed E-state index contributed by atoms with van der Waals surface area (Å²) >= 11 is 1.27. The van der Waals surface area contributed by atoms with Gasteiger partial charge in [-0.3, -0.25) is 0 Å². The molecule has 25 heavy (non-hydrogen) atoms. The van der Waals surface area contributed by atoms with Gasteiger partial charge in [0.25, 0.3) is 0 Å². The molecule has 1 aliphatic heterocycles. The molecule has 1 aliphatic rings. The largest absolute Gasteiger partial charge is 0.393 e. The summed E-state index contributed by atoms with van der Waals surface area (Å²) in [5.74, 6) is 0.369. The SMILES string of the molecule is COCc1nsc(N[C@H](C)c2cc(F)ccc2N2CCC(O)CC2)n1. The van der Waals surface area contributed by atoms with Crippen LogP contribution in [0.4, 0.5) is 15.2 Å². The van der Waals surface area contributed by atoms with Crippen molar-refractivity contribution in [1.82, 2.24) is 9.36 Å². The summed E-state index contributed by atoms with van der Waals surface area (Å²) in [5, 5.41) is 13.7. The van der Waals surface area contributed by atoms with Crippen LogP contribution in [0.5, 0.6) is 0 Å². The zero-order chi connectivity index (χ0) is 17.8. The Morgan fingerprint density at radius 2 is 2.20 bits per heavy atom. The van der Waals surface area contributed by atoms with E-state index < -0.39 is 0 Å². The Bertz CT molecular complexity index is 704. The van der Waals surface area contributed by atoms with Gasteiger partial charge >= 0.3 is 0 Å². The van der Waals surface area contributed by atoms with Gasteiger partial charge in [0.2, 0.25) is 5.13 Å². The van der Waals surface area contributed by atoms with Gasteiger partial charge in [-0.25, -0.2) is 9.37 Å². The van der Waals surface area contributed by atoms with E-state index in [2.05, 4.69) is 19.6 Å². The van der Waals surface area contributed by atoms with Crippen molar-refractivity contribution in [2.45, 2.75) is 38.5 Å². The Hall–Kier alpha value is -1.77. The molecule has 0 spiro atoms. The van der Waals surface area contributed by atoms with Crippen molar-refractivity contribution in [3.63, 3.8) is 0 Å². The fraction of sp³-hybridized carbons (Fsp3) is 0.529. The monoisotopic (exact) mass is 366 g/mol. The lowest BCUT2D eigenvalue weighted by molar-refractivity contribution is 0.145. The highest BCUT2D eigenvalue weighted by Gasteiger charge is 2.22. The van der Waals surface area contributed by atoms with Gasteiger partial charge in [-0.2, -0.15) is 4.37 Å². The third kappa shape index (κ3) is 4.45. The van der Waals surface area contributed by atoms with Gasteiger partial charge in [-0.05, 0) is 38.0 Å². The van der Waals surface area contributed by atoms with Crippen molar-refractivity contribution < 1.29 is 14.2 Å². The number of methoxy groups -OCH3 is 1. The third-order valence-electron chi connectivity index (χ3n) is 4.34. The number of nitrogens with one attached hydrogen (secondary N) is 1. The van der Waals surface area contributed by atoms with Crippen LogP contribution in [0.2, 0.25) is 0 Å². The molecule has 1 aromatic carbocycles. The molecule has 0 unspecified atom stereocenters. The van der Waals surface area contributed by atoms with Crippen molar-refractivity contribution >= 4 is 22.4 Å². The second kappa shape index (κ2) is 8.07. The molecule has 6 nitrogen and oxygen atoms in total. The van der Waals surface area contributed by atoms with Crippen LogP contribution >= 0.6 is 11.5 Å². The van der Waals surface area contributed by atoms with Crippen molar-refractivity contribution in [3.05, 3.63) is 35.4 Å². The number of hydrogen-bond acceptors (Lipinski definition) is 7. The quantitative estimate of drug-likeness (QED) is 0.819. The average molecular weight is 366 g/mol. The van der Waals surface area contributed by atoms with E-state index in [0.29, 0.717) is 17.6 Å². The molecule has 0 amide bonds. The molecule has 2 N–H and O–H groups in total. The summed E-state index contributed by atoms with van der Waals surface area (Å²) in [6.07, 6.45) is 1.22. The number of nitrogens with zero attached hydrogens (tertiary/aromatic N) is 3. The molecule has 1 saturated heterocycles. The minimum absolute atomic E-state index is 0.124. The molecule has 3 rings (SSSR count). The first-order valence-electron chi connectivity index (χ1n) is 8.37. The van der Waals surface area contributed by atoms with Crippen molar-refractivity contribution in [1.29, 1.82) is 0 Å². The lowest BCUT2D eigenvalue weighted by Gasteiger charge is -2.34. The van der Waals surface area contributed by atoms with E-state index in [1.807, 2.05) is 13.0 Å². The zero-order valence-corrected chi connectivity index (χ0v) is 15.2. The summed E-state index contributed by atoms with van der Waals surface area (Å²) < 4.78 is 23.1. The molecule has 0 saturated carbocycles. The lowest BCUT2D eigenvalue weighted by atomic mass is 10.0. The van der Waals surface area contributed by atoms with Gasteiger partial charge in [0.05, 0.1) is 12.1 Å². The normalized spacial score (nSPS) is 16.9. The predicted molar refractivity (Wildman–Crippen MR) is 96.5 cm³/mol. The highest BCUT2D eigenvalue weighted by atomic mass is 32.1. The van der Waals surface area contributed by atoms with Gasteiger partial charge in [-0.15, -0.1) is 0 Å². The van der Waals surface area contributed by atoms with E-state index in [-0.39, 0.29) is 18.0 Å². The van der Waals surface area contributed by atoms with Crippen LogP contribution in [0.1, 0.15) is 37.2 Å². The maximum Gasteiger partial charge on any atom is 0.203 e. The fourth-order valence-corrected chi connectivity index (χ4v) is 3.69. The van der Waals surface area contributed by atoms with Crippen LogP contribution in [0.25, 0.3) is 0 Å². The minimum atomic E-state index is -0.262. The first-order chi connectivity index (χ1) is 12.1. The topological polar surface area (TPSA) is 70.5 Å². The molecule has 1 atom stereocenters. The summed E-state index contributed by atoms with van der Waals surface area (Å²) in [6.45, 7) is 3.88. The Labute approximate surface area is 150 Å². The maximum atomic E-state index is 13.9. The average Bonchev–Trinajstić information content (AvgIpc) is 3.03. The second-order valence-corrected chi connectivity index (χ2v) is 6.99. The Balaban J connectivity index is 1.78. The van der Waals surface area contributed by atoms with Gasteiger partial charge in [0, 0.05) is 43.0 Å². The summed E-state index contributed by atoms with van der Waals surface area (Å²) in [5.41, 5.74) is 1.87. The number of rotatable bonds is 6. The number of ether oxygens (including phenoxy) is 1. The summed E-state index contributed by atoms with van der Waals surface area (Å²) in [6, 6.07) is 4.74. The number of piperidine rings is 1. The first kappa shape index (κ1) is 18.0. The smallest absolute Gasteiger partial charge is 0.203 e. The molecule has 1 aromatic heterocycles. The number of aromatic nitrogens is 2. The van der Waals surface area contributed by atoms with Gasteiger partial charge in [-0.1, -0.05) is 0 Å². The lowest BCUT2D eigenvalue weighted by Crippen LogP contribution is -2.36. The van der Waals surface area contributed by atoms with Crippen molar-refractivity contribution in [2.24, 2.45) is 0 Å². The number of hydrogen-bond donors (Lipinski definition) is 2. The molecule has 2 heterocycles. The van der Waals surface area contributed by atoms with E-state index in [0.717, 1.165) is 37.2 Å². The Morgan fingerprint density at radius 3 is 2.92 bits per heavy atom. The molecule has 2 aromatic rings. The van der Waals surface area contributed by atoms with E-state index in [1.54, 1.807) is 13.2 Å². The molecular weight excluding hydrogens is 343 g/mol. The van der Waals surface area contributed by atoms with Crippen LogP contribution in [0.15, 0.2) is 18.2 Å². The second-order valence-electron chi connectivity index (χ2n) is 6.24. The molecular formula is C17H23FN4O2S. The fourth-order valence-electron chi connectivity index (χ4n) is 3.03. The summed E-state index contributed by atoms with van der Waals surface area (Å²) in [7, 11) is 1.60. The summed E-state index contributed by atoms with van der Waals surface area (Å²) in [4.78, 5) is 6.58. The number of benzene rings is 1. The molecule has 0 radical (unpaired) electrons. The number of aliphatic hydroxyl groups is 1. The first-order valence-corrected chi connectivity index (χ1v) is 9.14. The van der Waals surface area contributed by atoms with Crippen LogP contribution in [-0.4, -0.2) is 40.8 Å². The third-order valence-corrected chi connectivity index (χ3v) is 5.03. The molecule has 136 valence electrons. The Kier molecular flexibility index (Phi) is 5.82. The number of aliphatic hydroxyl groups excluding tert-OH is 1. The molecule has 1 fully saturated rings.